The first kappa shape index (κ1) is 13.8. The molecule has 0 aliphatic carbocycles. The van der Waals surface area contributed by atoms with Gasteiger partial charge in [-0.15, -0.1) is 0 Å². The second-order valence-electron chi connectivity index (χ2n) is 5.32. The third kappa shape index (κ3) is 3.95. The Morgan fingerprint density at radius 3 is 2.72 bits per heavy atom. The monoisotopic (exact) mass is 274 g/mol. The Hall–Kier alpha value is -0.620. The van der Waals surface area contributed by atoms with Crippen LogP contribution in [0.25, 0.3) is 0 Å². The van der Waals surface area contributed by atoms with E-state index in [0.717, 1.165) is 38.6 Å². The molecule has 6 heteroatoms. The van der Waals surface area contributed by atoms with Crippen LogP contribution in [0, 0.1) is 0 Å². The smallest absolute Gasteiger partial charge is 0.237 e. The lowest BCUT2D eigenvalue weighted by atomic mass is 10.1. The van der Waals surface area contributed by atoms with E-state index in [-0.39, 0.29) is 29.5 Å². The topological polar surface area (TPSA) is 75.3 Å². The summed E-state index contributed by atoms with van der Waals surface area (Å²) >= 11 is 0. The summed E-state index contributed by atoms with van der Waals surface area (Å²) in [6.07, 6.45) is 5.62. The molecule has 2 heterocycles. The molecule has 2 N–H and O–H groups in total. The molecule has 5 nitrogen and oxygen atoms in total. The van der Waals surface area contributed by atoms with Crippen molar-refractivity contribution >= 4 is 15.7 Å². The van der Waals surface area contributed by atoms with E-state index in [9.17, 15) is 13.2 Å². The third-order valence-electron chi connectivity index (χ3n) is 3.69. The van der Waals surface area contributed by atoms with Crippen LogP contribution in [0.15, 0.2) is 0 Å². The van der Waals surface area contributed by atoms with Gasteiger partial charge in [-0.1, -0.05) is 12.8 Å². The second-order valence-corrected chi connectivity index (χ2v) is 7.55. The summed E-state index contributed by atoms with van der Waals surface area (Å²) in [6, 6.07) is -0.335. The van der Waals surface area contributed by atoms with Crippen molar-refractivity contribution < 1.29 is 13.2 Å². The van der Waals surface area contributed by atoms with E-state index in [2.05, 4.69) is 10.6 Å². The van der Waals surface area contributed by atoms with Crippen molar-refractivity contribution in [1.82, 2.24) is 10.6 Å². The number of sulfone groups is 1. The predicted molar refractivity (Wildman–Crippen MR) is 70.1 cm³/mol. The van der Waals surface area contributed by atoms with Crippen LogP contribution >= 0.6 is 0 Å². The van der Waals surface area contributed by atoms with Gasteiger partial charge in [-0.05, 0) is 32.2 Å². The molecule has 2 saturated heterocycles. The highest BCUT2D eigenvalue weighted by atomic mass is 32.2. The molecular weight excluding hydrogens is 252 g/mol. The SMILES string of the molecule is O=C(NC1CCCS(=O)(=O)C1)C1CCCCCN1. The maximum atomic E-state index is 12.1. The van der Waals surface area contributed by atoms with Gasteiger partial charge in [0.25, 0.3) is 0 Å². The predicted octanol–water partition coefficient (Wildman–Crippen LogP) is 0.212. The van der Waals surface area contributed by atoms with Gasteiger partial charge in [-0.2, -0.15) is 0 Å². The van der Waals surface area contributed by atoms with Crippen molar-refractivity contribution in [2.45, 2.75) is 50.6 Å². The fourth-order valence-corrected chi connectivity index (χ4v) is 4.33. The molecule has 0 spiro atoms. The van der Waals surface area contributed by atoms with Gasteiger partial charge in [0.2, 0.25) is 5.91 Å². The Morgan fingerprint density at radius 2 is 1.94 bits per heavy atom. The number of carbonyl (C=O) groups excluding carboxylic acids is 1. The lowest BCUT2D eigenvalue weighted by Gasteiger charge is -2.25. The molecular formula is C12H22N2O3S. The van der Waals surface area contributed by atoms with Gasteiger partial charge in [-0.3, -0.25) is 4.79 Å². The van der Waals surface area contributed by atoms with Crippen LogP contribution in [-0.4, -0.2) is 44.5 Å². The van der Waals surface area contributed by atoms with E-state index in [1.54, 1.807) is 0 Å². The van der Waals surface area contributed by atoms with Gasteiger partial charge < -0.3 is 10.6 Å². The lowest BCUT2D eigenvalue weighted by Crippen LogP contribution is -2.50. The molecule has 2 atom stereocenters. The van der Waals surface area contributed by atoms with Crippen LogP contribution in [0.4, 0.5) is 0 Å². The van der Waals surface area contributed by atoms with Crippen LogP contribution in [0.5, 0.6) is 0 Å². The Bertz CT molecular complexity index is 386. The van der Waals surface area contributed by atoms with Gasteiger partial charge in [0.15, 0.2) is 9.84 Å². The zero-order chi connectivity index (χ0) is 13.0. The summed E-state index contributed by atoms with van der Waals surface area (Å²) in [6.45, 7) is 0.876. The molecule has 2 rings (SSSR count). The first-order chi connectivity index (χ1) is 8.57. The Balaban J connectivity index is 1.86. The lowest BCUT2D eigenvalue weighted by molar-refractivity contribution is -0.123. The first-order valence-electron chi connectivity index (χ1n) is 6.81. The zero-order valence-electron chi connectivity index (χ0n) is 10.7. The number of hydrogen-bond acceptors (Lipinski definition) is 4. The minimum Gasteiger partial charge on any atom is -0.351 e. The first-order valence-corrected chi connectivity index (χ1v) is 8.63. The Kier molecular flexibility index (Phi) is 4.61. The highest BCUT2D eigenvalue weighted by Gasteiger charge is 2.28. The average Bonchev–Trinajstić information content (AvgIpc) is 2.55. The highest BCUT2D eigenvalue weighted by Crippen LogP contribution is 2.13. The van der Waals surface area contributed by atoms with E-state index in [0.29, 0.717) is 6.42 Å². The maximum absolute atomic E-state index is 12.1. The van der Waals surface area contributed by atoms with Crippen molar-refractivity contribution in [2.75, 3.05) is 18.1 Å². The maximum Gasteiger partial charge on any atom is 0.237 e. The highest BCUT2D eigenvalue weighted by molar-refractivity contribution is 7.91. The van der Waals surface area contributed by atoms with Crippen molar-refractivity contribution in [3.63, 3.8) is 0 Å². The molecule has 2 aliphatic heterocycles. The second kappa shape index (κ2) is 6.02. The Morgan fingerprint density at radius 1 is 1.11 bits per heavy atom. The standard InChI is InChI=1S/C12H22N2O3S/c15-12(11-6-2-1-3-7-13-11)14-10-5-4-8-18(16,17)9-10/h10-11,13H,1-9H2,(H,14,15). The van der Waals surface area contributed by atoms with Gasteiger partial charge in [0, 0.05) is 6.04 Å². The zero-order valence-corrected chi connectivity index (χ0v) is 11.5. The normalized spacial score (nSPS) is 32.4. The number of carbonyl (C=O) groups is 1. The van der Waals surface area contributed by atoms with Gasteiger partial charge in [0.05, 0.1) is 17.5 Å². The Labute approximate surface area is 109 Å². The molecule has 2 aliphatic rings. The molecule has 0 bridgehead atoms. The number of hydrogen-bond donors (Lipinski definition) is 2. The molecule has 0 aromatic heterocycles. The summed E-state index contributed by atoms with van der Waals surface area (Å²) < 4.78 is 23.0. The molecule has 2 unspecified atom stereocenters. The summed E-state index contributed by atoms with van der Waals surface area (Å²) in [7, 11) is -2.95. The summed E-state index contributed by atoms with van der Waals surface area (Å²) in [5, 5.41) is 6.12. The molecule has 0 radical (unpaired) electrons. The molecule has 0 saturated carbocycles. The van der Waals surface area contributed by atoms with Gasteiger partial charge >= 0.3 is 0 Å². The molecule has 2 fully saturated rings. The van der Waals surface area contributed by atoms with Crippen molar-refractivity contribution in [3.8, 4) is 0 Å². The molecule has 18 heavy (non-hydrogen) atoms. The molecule has 0 aromatic rings. The number of amides is 1. The quantitative estimate of drug-likeness (QED) is 0.755. The molecule has 1 amide bonds. The summed E-state index contributed by atoms with van der Waals surface area (Å²) in [4.78, 5) is 12.1. The number of rotatable bonds is 2. The fraction of sp³-hybridized carbons (Fsp3) is 0.917. The minimum atomic E-state index is -2.95. The van der Waals surface area contributed by atoms with Crippen LogP contribution in [-0.2, 0) is 14.6 Å². The fourth-order valence-electron chi connectivity index (χ4n) is 2.69. The van der Waals surface area contributed by atoms with E-state index in [4.69, 9.17) is 0 Å². The molecule has 104 valence electrons. The van der Waals surface area contributed by atoms with Gasteiger partial charge in [0.1, 0.15) is 0 Å². The van der Waals surface area contributed by atoms with Crippen LogP contribution in [0.2, 0.25) is 0 Å². The summed E-state index contributed by atoms with van der Waals surface area (Å²) in [5.41, 5.74) is 0. The molecule has 0 aromatic carbocycles. The third-order valence-corrected chi connectivity index (χ3v) is 5.51. The minimum absolute atomic E-state index is 0.0287. The van der Waals surface area contributed by atoms with Crippen molar-refractivity contribution in [1.29, 1.82) is 0 Å². The van der Waals surface area contributed by atoms with Gasteiger partial charge in [-0.25, -0.2) is 8.42 Å². The van der Waals surface area contributed by atoms with Crippen LogP contribution in [0.1, 0.15) is 38.5 Å². The number of nitrogens with one attached hydrogen (secondary N) is 2. The largest absolute Gasteiger partial charge is 0.351 e. The van der Waals surface area contributed by atoms with E-state index in [1.807, 2.05) is 0 Å². The van der Waals surface area contributed by atoms with Crippen molar-refractivity contribution in [2.24, 2.45) is 0 Å². The van der Waals surface area contributed by atoms with E-state index in [1.165, 1.54) is 0 Å². The van der Waals surface area contributed by atoms with E-state index >= 15 is 0 Å². The van der Waals surface area contributed by atoms with Crippen molar-refractivity contribution in [3.05, 3.63) is 0 Å². The van der Waals surface area contributed by atoms with Crippen LogP contribution in [0.3, 0.4) is 0 Å². The van der Waals surface area contributed by atoms with E-state index < -0.39 is 9.84 Å². The van der Waals surface area contributed by atoms with Crippen LogP contribution < -0.4 is 10.6 Å². The summed E-state index contributed by atoms with van der Waals surface area (Å²) in [5.74, 6) is 0.339. The average molecular weight is 274 g/mol.